The molecule has 3 aromatic rings. The molecule has 9 heteroatoms. The second kappa shape index (κ2) is 13.1. The minimum Gasteiger partial charge on any atom is -0.493 e. The van der Waals surface area contributed by atoms with Crippen molar-refractivity contribution in [3.8, 4) is 11.5 Å². The third-order valence-corrected chi connectivity index (χ3v) is 5.77. The molecular formula is C27H30ClN3O5. The van der Waals surface area contributed by atoms with Gasteiger partial charge in [0, 0.05) is 30.4 Å². The first-order valence-electron chi connectivity index (χ1n) is 11.9. The Bertz CT molecular complexity index is 1170. The van der Waals surface area contributed by atoms with Crippen molar-refractivity contribution in [2.45, 2.75) is 32.1 Å². The molecule has 1 saturated heterocycles. The number of anilines is 1. The summed E-state index contributed by atoms with van der Waals surface area (Å²) in [5, 5.41) is 3.45. The SMILES string of the molecule is COc1ccc(/C=C/C(=O)Nc2cn(Cc3cccc(Cl)c3)cn2)cc1OCCOC1CCCCO1. The van der Waals surface area contributed by atoms with E-state index in [0.29, 0.717) is 42.1 Å². The maximum Gasteiger partial charge on any atom is 0.249 e. The van der Waals surface area contributed by atoms with Crippen LogP contribution in [0.25, 0.3) is 6.08 Å². The fourth-order valence-corrected chi connectivity index (χ4v) is 3.99. The number of rotatable bonds is 11. The predicted octanol–water partition coefficient (Wildman–Crippen LogP) is 5.17. The Labute approximate surface area is 215 Å². The van der Waals surface area contributed by atoms with Crippen molar-refractivity contribution in [3.63, 3.8) is 0 Å². The number of aromatic nitrogens is 2. The van der Waals surface area contributed by atoms with E-state index in [-0.39, 0.29) is 12.2 Å². The van der Waals surface area contributed by atoms with E-state index in [1.807, 2.05) is 41.0 Å². The number of imidazole rings is 1. The fourth-order valence-electron chi connectivity index (χ4n) is 3.78. The van der Waals surface area contributed by atoms with Crippen molar-refractivity contribution in [3.05, 3.63) is 77.2 Å². The summed E-state index contributed by atoms with van der Waals surface area (Å²) >= 11 is 6.04. The number of methoxy groups -OCH3 is 1. The molecule has 0 spiro atoms. The van der Waals surface area contributed by atoms with Gasteiger partial charge in [0.05, 0.1) is 20.0 Å². The van der Waals surface area contributed by atoms with Gasteiger partial charge >= 0.3 is 0 Å². The Balaban J connectivity index is 1.28. The molecule has 1 unspecified atom stereocenters. The lowest BCUT2D eigenvalue weighted by Gasteiger charge is -2.22. The molecule has 1 amide bonds. The zero-order valence-electron chi connectivity index (χ0n) is 20.2. The first-order valence-corrected chi connectivity index (χ1v) is 12.3. The maximum absolute atomic E-state index is 12.4. The molecule has 2 aromatic carbocycles. The third-order valence-electron chi connectivity index (χ3n) is 5.54. The number of hydrogen-bond donors (Lipinski definition) is 1. The van der Waals surface area contributed by atoms with Crippen molar-refractivity contribution >= 4 is 29.4 Å². The number of carbonyl (C=O) groups excluding carboxylic acids is 1. The number of carbonyl (C=O) groups is 1. The molecule has 0 radical (unpaired) electrons. The zero-order valence-corrected chi connectivity index (χ0v) is 20.9. The molecule has 1 atom stereocenters. The molecule has 0 bridgehead atoms. The topological polar surface area (TPSA) is 83.8 Å². The normalized spacial score (nSPS) is 15.7. The highest BCUT2D eigenvalue weighted by Gasteiger charge is 2.14. The van der Waals surface area contributed by atoms with Gasteiger partial charge in [0.25, 0.3) is 0 Å². The molecule has 1 aromatic heterocycles. The lowest BCUT2D eigenvalue weighted by molar-refractivity contribution is -0.165. The summed E-state index contributed by atoms with van der Waals surface area (Å²) in [6.45, 7) is 2.13. The standard InChI is InChI=1S/C27H30ClN3O5/c1-33-23-10-8-20(16-24(23)34-13-14-36-27-7-2-3-12-35-27)9-11-26(32)30-25-18-31(19-29-25)17-21-5-4-6-22(28)15-21/h4-6,8-11,15-16,18-19,27H,2-3,7,12-14,17H2,1H3,(H,30,32)/b11-9+. The van der Waals surface area contributed by atoms with Gasteiger partial charge in [-0.3, -0.25) is 4.79 Å². The van der Waals surface area contributed by atoms with Crippen LogP contribution in [0.5, 0.6) is 11.5 Å². The highest BCUT2D eigenvalue weighted by atomic mass is 35.5. The van der Waals surface area contributed by atoms with Crippen molar-refractivity contribution in [2.24, 2.45) is 0 Å². The Morgan fingerprint density at radius 1 is 1.22 bits per heavy atom. The minimum atomic E-state index is -0.290. The molecule has 4 rings (SSSR count). The van der Waals surface area contributed by atoms with Crippen LogP contribution in [0.2, 0.25) is 5.02 Å². The summed E-state index contributed by atoms with van der Waals surface area (Å²) in [4.78, 5) is 16.7. The van der Waals surface area contributed by atoms with Crippen molar-refractivity contribution in [1.82, 2.24) is 9.55 Å². The van der Waals surface area contributed by atoms with Gasteiger partial charge in [-0.05, 0) is 60.7 Å². The molecular weight excluding hydrogens is 482 g/mol. The summed E-state index contributed by atoms with van der Waals surface area (Å²) < 4.78 is 24.4. The van der Waals surface area contributed by atoms with E-state index in [2.05, 4.69) is 10.3 Å². The molecule has 8 nitrogen and oxygen atoms in total. The maximum atomic E-state index is 12.4. The average molecular weight is 512 g/mol. The van der Waals surface area contributed by atoms with Gasteiger partial charge in [0.15, 0.2) is 23.6 Å². The predicted molar refractivity (Wildman–Crippen MR) is 138 cm³/mol. The number of amides is 1. The van der Waals surface area contributed by atoms with E-state index in [9.17, 15) is 4.79 Å². The van der Waals surface area contributed by atoms with Crippen LogP contribution in [0.4, 0.5) is 5.82 Å². The van der Waals surface area contributed by atoms with Gasteiger partial charge in [-0.25, -0.2) is 4.98 Å². The van der Waals surface area contributed by atoms with Crippen molar-refractivity contribution in [1.29, 1.82) is 0 Å². The summed E-state index contributed by atoms with van der Waals surface area (Å²) in [7, 11) is 1.59. The summed E-state index contributed by atoms with van der Waals surface area (Å²) in [6.07, 6.45) is 9.55. The summed E-state index contributed by atoms with van der Waals surface area (Å²) in [5.41, 5.74) is 1.84. The van der Waals surface area contributed by atoms with E-state index >= 15 is 0 Å². The van der Waals surface area contributed by atoms with Crippen LogP contribution in [0.15, 0.2) is 61.1 Å². The van der Waals surface area contributed by atoms with Gasteiger partial charge in [0.2, 0.25) is 5.91 Å². The quantitative estimate of drug-likeness (QED) is 0.282. The smallest absolute Gasteiger partial charge is 0.249 e. The number of hydrogen-bond acceptors (Lipinski definition) is 6. The van der Waals surface area contributed by atoms with Gasteiger partial charge in [-0.1, -0.05) is 29.8 Å². The first-order chi connectivity index (χ1) is 17.6. The largest absolute Gasteiger partial charge is 0.493 e. The minimum absolute atomic E-state index is 0.153. The molecule has 1 N–H and O–H groups in total. The molecule has 1 aliphatic heterocycles. The first kappa shape index (κ1) is 25.8. The monoisotopic (exact) mass is 511 g/mol. The second-order valence-corrected chi connectivity index (χ2v) is 8.75. The Morgan fingerprint density at radius 2 is 2.14 bits per heavy atom. The molecule has 1 aliphatic rings. The summed E-state index contributed by atoms with van der Waals surface area (Å²) in [5.74, 6) is 1.36. The summed E-state index contributed by atoms with van der Waals surface area (Å²) in [6, 6.07) is 13.1. The molecule has 1 fully saturated rings. The van der Waals surface area contributed by atoms with Crippen LogP contribution < -0.4 is 14.8 Å². The van der Waals surface area contributed by atoms with Crippen molar-refractivity contribution in [2.75, 3.05) is 32.2 Å². The number of benzene rings is 2. The Hall–Kier alpha value is -3.33. The highest BCUT2D eigenvalue weighted by molar-refractivity contribution is 6.30. The van der Waals surface area contributed by atoms with Gasteiger partial charge < -0.3 is 28.8 Å². The zero-order chi connectivity index (χ0) is 25.2. The third kappa shape index (κ3) is 7.84. The van der Waals surface area contributed by atoms with E-state index in [4.69, 9.17) is 30.5 Å². The van der Waals surface area contributed by atoms with Crippen LogP contribution in [0.3, 0.4) is 0 Å². The van der Waals surface area contributed by atoms with E-state index in [1.165, 1.54) is 6.08 Å². The van der Waals surface area contributed by atoms with Crippen LogP contribution in [-0.4, -0.2) is 48.7 Å². The number of halogens is 1. The second-order valence-electron chi connectivity index (χ2n) is 8.31. The molecule has 190 valence electrons. The van der Waals surface area contributed by atoms with Gasteiger partial charge in [-0.15, -0.1) is 0 Å². The molecule has 0 saturated carbocycles. The fraction of sp³-hybridized carbons (Fsp3) is 0.333. The lowest BCUT2D eigenvalue weighted by atomic mass is 10.2. The Morgan fingerprint density at radius 3 is 2.94 bits per heavy atom. The number of nitrogens with one attached hydrogen (secondary N) is 1. The number of ether oxygens (including phenoxy) is 4. The Kier molecular flexibility index (Phi) is 9.38. The van der Waals surface area contributed by atoms with Crippen molar-refractivity contribution < 1.29 is 23.7 Å². The van der Waals surface area contributed by atoms with Crippen LogP contribution in [-0.2, 0) is 20.8 Å². The average Bonchev–Trinajstić information content (AvgIpc) is 3.32. The van der Waals surface area contributed by atoms with Crippen LogP contribution >= 0.6 is 11.6 Å². The van der Waals surface area contributed by atoms with Gasteiger partial charge in [0.1, 0.15) is 6.61 Å². The van der Waals surface area contributed by atoms with E-state index < -0.39 is 0 Å². The van der Waals surface area contributed by atoms with Gasteiger partial charge in [-0.2, -0.15) is 0 Å². The number of nitrogens with zero attached hydrogens (tertiary/aromatic N) is 2. The van der Waals surface area contributed by atoms with E-state index in [0.717, 1.165) is 37.0 Å². The molecule has 36 heavy (non-hydrogen) atoms. The highest BCUT2D eigenvalue weighted by Crippen LogP contribution is 2.28. The van der Waals surface area contributed by atoms with Crippen LogP contribution in [0, 0.1) is 0 Å². The molecule has 2 heterocycles. The van der Waals surface area contributed by atoms with E-state index in [1.54, 1.807) is 31.8 Å². The molecule has 0 aliphatic carbocycles. The lowest BCUT2D eigenvalue weighted by Crippen LogP contribution is -2.24. The van der Waals surface area contributed by atoms with Crippen LogP contribution in [0.1, 0.15) is 30.4 Å².